The van der Waals surface area contributed by atoms with Gasteiger partial charge in [-0.2, -0.15) is 0 Å². The third-order valence-electron chi connectivity index (χ3n) is 2.76. The van der Waals surface area contributed by atoms with Gasteiger partial charge in [-0.3, -0.25) is 9.59 Å². The van der Waals surface area contributed by atoms with Crippen molar-refractivity contribution in [3.8, 4) is 0 Å². The van der Waals surface area contributed by atoms with Crippen molar-refractivity contribution in [3.05, 3.63) is 11.6 Å². The summed E-state index contributed by atoms with van der Waals surface area (Å²) in [5.41, 5.74) is 1.12. The van der Waals surface area contributed by atoms with Crippen molar-refractivity contribution in [2.45, 2.75) is 19.8 Å². The van der Waals surface area contributed by atoms with Gasteiger partial charge in [0.25, 0.3) is 0 Å². The highest BCUT2D eigenvalue weighted by Crippen LogP contribution is 2.31. The van der Waals surface area contributed by atoms with Crippen molar-refractivity contribution in [2.24, 2.45) is 11.8 Å². The number of rotatable bonds is 2. The summed E-state index contributed by atoms with van der Waals surface area (Å²) >= 11 is 0. The van der Waals surface area contributed by atoms with Gasteiger partial charge >= 0.3 is 11.9 Å². The molecular weight excluding hydrogens is 196 g/mol. The number of hydrogen-bond acceptors (Lipinski definition) is 4. The van der Waals surface area contributed by atoms with Crippen LogP contribution >= 0.6 is 0 Å². The Labute approximate surface area is 89.2 Å². The molecule has 0 fully saturated rings. The standard InChI is InChI=1S/C11H16O4/c1-7-4-5-8(10(12)14-2)9(6-7)11(13)15-3/h4,8-9H,5-6H2,1-3H3/t8-,9-/m1/s1. The van der Waals surface area contributed by atoms with E-state index in [1.807, 2.05) is 13.0 Å². The van der Waals surface area contributed by atoms with Crippen LogP contribution in [0.25, 0.3) is 0 Å². The van der Waals surface area contributed by atoms with Gasteiger partial charge in [0.2, 0.25) is 0 Å². The maximum Gasteiger partial charge on any atom is 0.309 e. The zero-order valence-electron chi connectivity index (χ0n) is 9.28. The highest BCUT2D eigenvalue weighted by molar-refractivity contribution is 5.82. The number of allylic oxidation sites excluding steroid dienone is 2. The average Bonchev–Trinajstić information content (AvgIpc) is 2.26. The van der Waals surface area contributed by atoms with E-state index < -0.39 is 11.8 Å². The number of ether oxygens (including phenoxy) is 2. The Morgan fingerprint density at radius 3 is 2.27 bits per heavy atom. The number of carbonyl (C=O) groups excluding carboxylic acids is 2. The average molecular weight is 212 g/mol. The predicted octanol–water partition coefficient (Wildman–Crippen LogP) is 1.30. The molecular formula is C11H16O4. The topological polar surface area (TPSA) is 52.6 Å². The first-order chi connectivity index (χ1) is 7.10. The zero-order valence-corrected chi connectivity index (χ0v) is 9.28. The van der Waals surface area contributed by atoms with Crippen LogP contribution < -0.4 is 0 Å². The van der Waals surface area contributed by atoms with Crippen LogP contribution in [0.2, 0.25) is 0 Å². The van der Waals surface area contributed by atoms with E-state index in [2.05, 4.69) is 9.47 Å². The van der Waals surface area contributed by atoms with E-state index in [0.29, 0.717) is 12.8 Å². The molecule has 0 unspecified atom stereocenters. The molecule has 4 heteroatoms. The second-order valence-corrected chi connectivity index (χ2v) is 3.75. The van der Waals surface area contributed by atoms with Crippen molar-refractivity contribution in [3.63, 3.8) is 0 Å². The van der Waals surface area contributed by atoms with Crippen LogP contribution in [0.5, 0.6) is 0 Å². The molecule has 0 aromatic rings. The summed E-state index contributed by atoms with van der Waals surface area (Å²) in [5.74, 6) is -1.47. The summed E-state index contributed by atoms with van der Waals surface area (Å²) in [7, 11) is 2.67. The third kappa shape index (κ3) is 2.58. The van der Waals surface area contributed by atoms with Crippen molar-refractivity contribution in [1.82, 2.24) is 0 Å². The molecule has 0 aromatic heterocycles. The minimum atomic E-state index is -0.397. The van der Waals surface area contributed by atoms with Gasteiger partial charge in [-0.1, -0.05) is 11.6 Å². The maximum atomic E-state index is 11.5. The first-order valence-corrected chi connectivity index (χ1v) is 4.91. The van der Waals surface area contributed by atoms with Gasteiger partial charge < -0.3 is 9.47 Å². The van der Waals surface area contributed by atoms with Crippen LogP contribution in [0, 0.1) is 11.8 Å². The van der Waals surface area contributed by atoms with E-state index in [9.17, 15) is 9.59 Å². The molecule has 0 aliphatic heterocycles. The van der Waals surface area contributed by atoms with Crippen molar-refractivity contribution >= 4 is 11.9 Å². The van der Waals surface area contributed by atoms with E-state index in [1.54, 1.807) is 0 Å². The number of hydrogen-bond donors (Lipinski definition) is 0. The third-order valence-corrected chi connectivity index (χ3v) is 2.76. The van der Waals surface area contributed by atoms with Crippen molar-refractivity contribution in [2.75, 3.05) is 14.2 Å². The molecule has 1 rings (SSSR count). The summed E-state index contributed by atoms with van der Waals surface area (Å²) in [5, 5.41) is 0. The van der Waals surface area contributed by atoms with Crippen LogP contribution in [-0.4, -0.2) is 26.2 Å². The van der Waals surface area contributed by atoms with Gasteiger partial charge in [0, 0.05) is 0 Å². The number of carbonyl (C=O) groups is 2. The molecule has 0 saturated heterocycles. The fraction of sp³-hybridized carbons (Fsp3) is 0.636. The SMILES string of the molecule is COC(=O)[C@@H]1CC=C(C)C[C@H]1C(=O)OC. The predicted molar refractivity (Wildman–Crippen MR) is 54.0 cm³/mol. The van der Waals surface area contributed by atoms with Crippen LogP contribution in [0.1, 0.15) is 19.8 Å². The maximum absolute atomic E-state index is 11.5. The second-order valence-electron chi connectivity index (χ2n) is 3.75. The molecule has 4 nitrogen and oxygen atoms in total. The fourth-order valence-electron chi connectivity index (χ4n) is 1.88. The van der Waals surface area contributed by atoms with Crippen LogP contribution in [0.4, 0.5) is 0 Å². The monoisotopic (exact) mass is 212 g/mol. The molecule has 15 heavy (non-hydrogen) atoms. The van der Waals surface area contributed by atoms with Crippen molar-refractivity contribution in [1.29, 1.82) is 0 Å². The van der Waals surface area contributed by atoms with E-state index >= 15 is 0 Å². The molecule has 0 N–H and O–H groups in total. The molecule has 0 radical (unpaired) electrons. The summed E-state index contributed by atoms with van der Waals surface area (Å²) in [4.78, 5) is 22.9. The molecule has 0 heterocycles. The lowest BCUT2D eigenvalue weighted by molar-refractivity contribution is -0.157. The first-order valence-electron chi connectivity index (χ1n) is 4.91. The lowest BCUT2D eigenvalue weighted by atomic mass is 9.80. The molecule has 2 atom stereocenters. The highest BCUT2D eigenvalue weighted by Gasteiger charge is 2.36. The Balaban J connectivity index is 2.84. The number of methoxy groups -OCH3 is 2. The minimum Gasteiger partial charge on any atom is -0.469 e. The summed E-state index contributed by atoms with van der Waals surface area (Å²) in [6.07, 6.45) is 3.10. The Kier molecular flexibility index (Phi) is 3.88. The van der Waals surface area contributed by atoms with Crippen LogP contribution in [0.3, 0.4) is 0 Å². The van der Waals surface area contributed by atoms with E-state index in [4.69, 9.17) is 0 Å². The zero-order chi connectivity index (χ0) is 11.4. The fourth-order valence-corrected chi connectivity index (χ4v) is 1.88. The largest absolute Gasteiger partial charge is 0.469 e. The van der Waals surface area contributed by atoms with Gasteiger partial charge in [-0.05, 0) is 19.8 Å². The van der Waals surface area contributed by atoms with Crippen LogP contribution in [0.15, 0.2) is 11.6 Å². The summed E-state index contributed by atoms with van der Waals surface area (Å²) in [6.45, 7) is 1.95. The molecule has 1 aliphatic carbocycles. The molecule has 0 amide bonds. The first kappa shape index (κ1) is 11.8. The quantitative estimate of drug-likeness (QED) is 0.511. The van der Waals surface area contributed by atoms with Crippen molar-refractivity contribution < 1.29 is 19.1 Å². The van der Waals surface area contributed by atoms with Crippen LogP contribution in [-0.2, 0) is 19.1 Å². The van der Waals surface area contributed by atoms with Gasteiger partial charge in [0.1, 0.15) is 0 Å². The Bertz CT molecular complexity index is 293. The lowest BCUT2D eigenvalue weighted by Gasteiger charge is -2.26. The minimum absolute atomic E-state index is 0.335. The van der Waals surface area contributed by atoms with E-state index in [0.717, 1.165) is 5.57 Å². The Hall–Kier alpha value is -1.32. The smallest absolute Gasteiger partial charge is 0.309 e. The highest BCUT2D eigenvalue weighted by atomic mass is 16.5. The van der Waals surface area contributed by atoms with E-state index in [1.165, 1.54) is 14.2 Å². The van der Waals surface area contributed by atoms with Gasteiger partial charge in [-0.15, -0.1) is 0 Å². The van der Waals surface area contributed by atoms with E-state index in [-0.39, 0.29) is 11.9 Å². The summed E-state index contributed by atoms with van der Waals surface area (Å²) in [6, 6.07) is 0. The molecule has 0 saturated carbocycles. The second kappa shape index (κ2) is 4.96. The molecule has 0 aromatic carbocycles. The van der Waals surface area contributed by atoms with Gasteiger partial charge in [0.05, 0.1) is 26.1 Å². The Morgan fingerprint density at radius 1 is 1.20 bits per heavy atom. The van der Waals surface area contributed by atoms with Gasteiger partial charge in [-0.25, -0.2) is 0 Å². The molecule has 1 aliphatic rings. The molecule has 0 bridgehead atoms. The lowest BCUT2D eigenvalue weighted by Crippen LogP contribution is -2.33. The summed E-state index contributed by atoms with van der Waals surface area (Å²) < 4.78 is 9.36. The number of esters is 2. The normalized spacial score (nSPS) is 25.4. The molecule has 0 spiro atoms. The molecule has 84 valence electrons. The Morgan fingerprint density at radius 2 is 1.73 bits per heavy atom. The van der Waals surface area contributed by atoms with Gasteiger partial charge in [0.15, 0.2) is 0 Å².